The van der Waals surface area contributed by atoms with Crippen molar-refractivity contribution in [1.82, 2.24) is 0 Å². The molecule has 0 heterocycles. The minimum absolute atomic E-state index is 0. The van der Waals surface area contributed by atoms with Gasteiger partial charge in [0, 0.05) is 17.1 Å². The van der Waals surface area contributed by atoms with Crippen molar-refractivity contribution in [2.45, 2.75) is 0 Å². The predicted octanol–water partition coefficient (Wildman–Crippen LogP) is -1.15. The molecule has 1 radical (unpaired) electrons. The molecule has 0 saturated carbocycles. The molecule has 7 heavy (non-hydrogen) atoms. The fourth-order valence-electron chi connectivity index (χ4n) is 0. The first-order valence-corrected chi connectivity index (χ1v) is 1.02. The molecule has 0 aliphatic rings. The second-order valence-corrected chi connectivity index (χ2v) is 0.258. The van der Waals surface area contributed by atoms with E-state index in [4.69, 9.17) is 10.5 Å². The van der Waals surface area contributed by atoms with Crippen molar-refractivity contribution in [3.63, 3.8) is 0 Å². The third-order valence-corrected chi connectivity index (χ3v) is 0. The Morgan fingerprint density at radius 2 is 1.00 bits per heavy atom. The Labute approximate surface area is 52.2 Å². The van der Waals surface area contributed by atoms with Gasteiger partial charge in [0.05, 0.1) is 0 Å². The quantitative estimate of drug-likeness (QED) is 0.257. The smallest absolute Gasteiger partial charge is 0.173 e. The van der Waals surface area contributed by atoms with Crippen LogP contribution < -0.4 is 11.5 Å². The van der Waals surface area contributed by atoms with Crippen molar-refractivity contribution < 1.29 is 17.1 Å². The Morgan fingerprint density at radius 3 is 1.00 bits per heavy atom. The van der Waals surface area contributed by atoms with Gasteiger partial charge in [-0.3, -0.25) is 0 Å². The van der Waals surface area contributed by atoms with Crippen molar-refractivity contribution in [1.29, 1.82) is 10.5 Å². The molecule has 0 saturated heterocycles. The van der Waals surface area contributed by atoms with Crippen molar-refractivity contribution in [2.75, 3.05) is 0 Å². The van der Waals surface area contributed by atoms with Crippen LogP contribution in [0.25, 0.3) is 0 Å². The monoisotopic (exact) mass is 147 g/mol. The Hall–Kier alpha value is -0.901. The molecule has 4 nitrogen and oxygen atoms in total. The second kappa shape index (κ2) is 70.9. The number of nitrogens with two attached hydrogens (primary N) is 2. The van der Waals surface area contributed by atoms with Crippen LogP contribution in [0.5, 0.6) is 0 Å². The van der Waals surface area contributed by atoms with Crippen LogP contribution in [0.2, 0.25) is 0 Å². The van der Waals surface area contributed by atoms with Gasteiger partial charge in [-0.2, -0.15) is 10.5 Å². The van der Waals surface area contributed by atoms with Gasteiger partial charge in [0.1, 0.15) is 0 Å². The zero-order valence-corrected chi connectivity index (χ0v) is 4.29. The Morgan fingerprint density at radius 1 is 1.00 bits per heavy atom. The van der Waals surface area contributed by atoms with Crippen LogP contribution in [0.4, 0.5) is 0 Å². The summed E-state index contributed by atoms with van der Waals surface area (Å²) >= 11 is 0. The standard InChI is InChI=1S/2CH2N2.Cu/c2*2-1-3;/h2*2H2;. The molecule has 0 aliphatic heterocycles. The summed E-state index contributed by atoms with van der Waals surface area (Å²) in [7, 11) is 0. The molecule has 43 valence electrons. The molecule has 0 aromatic heterocycles. The van der Waals surface area contributed by atoms with E-state index in [0.717, 1.165) is 0 Å². The molecule has 0 spiro atoms. The van der Waals surface area contributed by atoms with Crippen molar-refractivity contribution >= 4 is 0 Å². The molecule has 5 heteroatoms. The summed E-state index contributed by atoms with van der Waals surface area (Å²) < 4.78 is 0. The van der Waals surface area contributed by atoms with E-state index in [0.29, 0.717) is 0 Å². The van der Waals surface area contributed by atoms with E-state index in [2.05, 4.69) is 11.5 Å². The van der Waals surface area contributed by atoms with Gasteiger partial charge >= 0.3 is 0 Å². The van der Waals surface area contributed by atoms with Crippen LogP contribution in [0.3, 0.4) is 0 Å². The van der Waals surface area contributed by atoms with Gasteiger partial charge in [-0.1, -0.05) is 0 Å². The molecule has 4 N–H and O–H groups in total. The van der Waals surface area contributed by atoms with Gasteiger partial charge in [-0.15, -0.1) is 0 Å². The van der Waals surface area contributed by atoms with E-state index >= 15 is 0 Å². The van der Waals surface area contributed by atoms with Gasteiger partial charge in [0.15, 0.2) is 12.4 Å². The van der Waals surface area contributed by atoms with Crippen LogP contribution in [0.15, 0.2) is 0 Å². The summed E-state index contributed by atoms with van der Waals surface area (Å²) in [5.41, 5.74) is 8.31. The van der Waals surface area contributed by atoms with E-state index in [-0.39, 0.29) is 17.1 Å². The summed E-state index contributed by atoms with van der Waals surface area (Å²) in [6.45, 7) is 0. The van der Waals surface area contributed by atoms with Crippen molar-refractivity contribution in [2.24, 2.45) is 11.5 Å². The topological polar surface area (TPSA) is 99.6 Å². The minimum Gasteiger partial charge on any atom is -0.337 e. The third kappa shape index (κ3) is 60.4. The third-order valence-electron chi connectivity index (χ3n) is 0. The van der Waals surface area contributed by atoms with Crippen molar-refractivity contribution in [3.8, 4) is 12.4 Å². The molecule has 0 fully saturated rings. The minimum atomic E-state index is 0. The molecule has 0 aromatic carbocycles. The van der Waals surface area contributed by atoms with Gasteiger partial charge in [-0.05, 0) is 0 Å². The van der Waals surface area contributed by atoms with E-state index in [1.54, 1.807) is 0 Å². The van der Waals surface area contributed by atoms with E-state index in [1.165, 1.54) is 12.4 Å². The maximum atomic E-state index is 7.10. The van der Waals surface area contributed by atoms with Crippen LogP contribution >= 0.6 is 0 Å². The summed E-state index contributed by atoms with van der Waals surface area (Å²) in [6, 6.07) is 0. The zero-order valence-electron chi connectivity index (χ0n) is 3.35. The largest absolute Gasteiger partial charge is 0.337 e. The average Bonchev–Trinajstić information content (AvgIpc) is 1.39. The fraction of sp³-hybridized carbons (Fsp3) is 0. The zero-order chi connectivity index (χ0) is 5.41. The number of rotatable bonds is 0. The second-order valence-electron chi connectivity index (χ2n) is 0.258. The summed E-state index contributed by atoms with van der Waals surface area (Å²) in [5.74, 6) is 0. The van der Waals surface area contributed by atoms with E-state index in [9.17, 15) is 0 Å². The summed E-state index contributed by atoms with van der Waals surface area (Å²) in [5, 5.41) is 14.2. The Kier molecular flexibility index (Phi) is 167. The Balaban J connectivity index is -0.0000000400. The predicted molar refractivity (Wildman–Crippen MR) is 19.6 cm³/mol. The molecule has 0 unspecified atom stereocenters. The number of hydrogen-bond donors (Lipinski definition) is 2. The number of hydrogen-bond acceptors (Lipinski definition) is 4. The molecule has 0 aromatic rings. The first-order chi connectivity index (χ1) is 2.83. The first kappa shape index (κ1) is 16.5. The van der Waals surface area contributed by atoms with Crippen LogP contribution in [-0.2, 0) is 17.1 Å². The maximum Gasteiger partial charge on any atom is 0.173 e. The van der Waals surface area contributed by atoms with Gasteiger partial charge in [0.25, 0.3) is 0 Å². The molecule has 0 atom stereocenters. The summed E-state index contributed by atoms with van der Waals surface area (Å²) in [6.07, 6.45) is 2.50. The molecular weight excluding hydrogens is 144 g/mol. The van der Waals surface area contributed by atoms with Crippen LogP contribution in [-0.4, -0.2) is 0 Å². The van der Waals surface area contributed by atoms with Gasteiger partial charge in [0.2, 0.25) is 0 Å². The fourth-order valence-corrected chi connectivity index (χ4v) is 0. The van der Waals surface area contributed by atoms with Crippen LogP contribution in [0, 0.1) is 22.9 Å². The SMILES string of the molecule is N#CN.N#CN.[Cu]. The molecular formula is C2H4CuN4. The Bertz CT molecular complexity index is 64.7. The molecule has 0 bridgehead atoms. The number of nitriles is 2. The molecule has 0 amide bonds. The number of nitrogens with zero attached hydrogens (tertiary/aromatic N) is 2. The first-order valence-electron chi connectivity index (χ1n) is 1.02. The summed E-state index contributed by atoms with van der Waals surface area (Å²) in [4.78, 5) is 0. The normalized spacial score (nSPS) is 2.00. The van der Waals surface area contributed by atoms with Gasteiger partial charge in [-0.25, -0.2) is 0 Å². The van der Waals surface area contributed by atoms with Crippen molar-refractivity contribution in [3.05, 3.63) is 0 Å². The average molecular weight is 148 g/mol. The molecule has 0 rings (SSSR count). The maximum absolute atomic E-state index is 7.10. The van der Waals surface area contributed by atoms with Gasteiger partial charge < -0.3 is 11.5 Å². The van der Waals surface area contributed by atoms with E-state index in [1.807, 2.05) is 0 Å². The van der Waals surface area contributed by atoms with Crippen LogP contribution in [0.1, 0.15) is 0 Å². The van der Waals surface area contributed by atoms with E-state index < -0.39 is 0 Å². The molecule has 0 aliphatic carbocycles.